The van der Waals surface area contributed by atoms with E-state index in [2.05, 4.69) is 15.9 Å². The van der Waals surface area contributed by atoms with Gasteiger partial charge in [0.1, 0.15) is 15.7 Å². The largest absolute Gasteiger partial charge is 0.397 e. The summed E-state index contributed by atoms with van der Waals surface area (Å²) in [6.07, 6.45) is 0. The van der Waals surface area contributed by atoms with Gasteiger partial charge in [-0.25, -0.2) is 17.2 Å². The fourth-order valence-corrected chi connectivity index (χ4v) is 4.84. The van der Waals surface area contributed by atoms with Crippen molar-refractivity contribution in [2.45, 2.75) is 4.21 Å². The number of thiophene rings is 1. The number of nitrogens with two attached hydrogens (primary N) is 1. The van der Waals surface area contributed by atoms with Crippen LogP contribution in [-0.4, -0.2) is 8.42 Å². The Bertz CT molecular complexity index is 737. The predicted molar refractivity (Wildman–Crippen MR) is 78.6 cm³/mol. The maximum atomic E-state index is 13.6. The maximum absolute atomic E-state index is 13.6. The molecule has 0 aliphatic carbocycles. The quantitative estimate of drug-likeness (QED) is 0.765. The molecule has 1 aromatic carbocycles. The molecule has 0 spiro atoms. The maximum Gasteiger partial charge on any atom is 0.271 e. The smallest absolute Gasteiger partial charge is 0.271 e. The Hall–Kier alpha value is -0.900. The Morgan fingerprint density at radius 3 is 2.45 bits per heavy atom. The van der Waals surface area contributed by atoms with E-state index in [1.54, 1.807) is 0 Å². The van der Waals surface area contributed by atoms with E-state index in [1.165, 1.54) is 6.07 Å². The number of hydrogen-bond acceptors (Lipinski definition) is 4. The van der Waals surface area contributed by atoms with E-state index in [4.69, 9.17) is 17.3 Å². The first-order chi connectivity index (χ1) is 9.20. The van der Waals surface area contributed by atoms with Gasteiger partial charge in [0.15, 0.2) is 5.82 Å². The van der Waals surface area contributed by atoms with Gasteiger partial charge < -0.3 is 5.73 Å². The Morgan fingerprint density at radius 1 is 1.30 bits per heavy atom. The molecule has 108 valence electrons. The van der Waals surface area contributed by atoms with Crippen LogP contribution in [0, 0.1) is 11.6 Å². The van der Waals surface area contributed by atoms with Crippen molar-refractivity contribution in [2.75, 3.05) is 10.5 Å². The monoisotopic (exact) mass is 402 g/mol. The van der Waals surface area contributed by atoms with Crippen LogP contribution in [0.3, 0.4) is 0 Å². The Labute approximate surface area is 130 Å². The zero-order valence-corrected chi connectivity index (χ0v) is 13.4. The molecule has 20 heavy (non-hydrogen) atoms. The fourth-order valence-electron chi connectivity index (χ4n) is 1.35. The summed E-state index contributed by atoms with van der Waals surface area (Å²) in [5.74, 6) is -2.00. The molecule has 0 aliphatic heterocycles. The molecule has 0 aliphatic rings. The van der Waals surface area contributed by atoms with Crippen LogP contribution in [0.25, 0.3) is 0 Å². The third-order valence-electron chi connectivity index (χ3n) is 2.21. The summed E-state index contributed by atoms with van der Waals surface area (Å²) in [5, 5.41) is 0.211. The summed E-state index contributed by atoms with van der Waals surface area (Å²) in [5.41, 5.74) is 4.54. The molecule has 0 saturated carbocycles. The molecule has 4 nitrogen and oxygen atoms in total. The highest BCUT2D eigenvalue weighted by molar-refractivity contribution is 9.11. The van der Waals surface area contributed by atoms with E-state index >= 15 is 0 Å². The Morgan fingerprint density at radius 2 is 1.95 bits per heavy atom. The number of nitrogen functional groups attached to an aromatic ring is 1. The second kappa shape index (κ2) is 5.47. The molecule has 10 heteroatoms. The van der Waals surface area contributed by atoms with Crippen molar-refractivity contribution >= 4 is 60.3 Å². The normalized spacial score (nSPS) is 11.6. The minimum Gasteiger partial charge on any atom is -0.397 e. The fraction of sp³-hybridized carbons (Fsp3) is 0. The molecular weight excluding hydrogens is 398 g/mol. The molecule has 0 amide bonds. The van der Waals surface area contributed by atoms with Crippen molar-refractivity contribution in [3.05, 3.63) is 38.6 Å². The lowest BCUT2D eigenvalue weighted by Gasteiger charge is -2.10. The molecule has 0 bridgehead atoms. The summed E-state index contributed by atoms with van der Waals surface area (Å²) < 4.78 is 52.9. The lowest BCUT2D eigenvalue weighted by atomic mass is 10.2. The number of anilines is 2. The summed E-state index contributed by atoms with van der Waals surface area (Å²) in [6.45, 7) is 0. The van der Waals surface area contributed by atoms with Gasteiger partial charge in [-0.2, -0.15) is 0 Å². The third kappa shape index (κ3) is 3.05. The van der Waals surface area contributed by atoms with Gasteiger partial charge in [-0.15, -0.1) is 11.3 Å². The Balaban J connectivity index is 2.43. The zero-order valence-electron chi connectivity index (χ0n) is 9.45. The highest BCUT2D eigenvalue weighted by Crippen LogP contribution is 2.36. The number of benzene rings is 1. The van der Waals surface area contributed by atoms with Crippen LogP contribution in [0.4, 0.5) is 20.2 Å². The summed E-state index contributed by atoms with van der Waals surface area (Å²) in [4.78, 5) is 0. The molecule has 0 atom stereocenters. The van der Waals surface area contributed by atoms with E-state index in [9.17, 15) is 17.2 Å². The third-order valence-corrected chi connectivity index (χ3v) is 6.51. The van der Waals surface area contributed by atoms with Gasteiger partial charge in [0, 0.05) is 6.07 Å². The molecule has 1 aromatic heterocycles. The number of rotatable bonds is 3. The average molecular weight is 404 g/mol. The number of halogens is 4. The first-order valence-corrected chi connectivity index (χ1v) is 8.40. The summed E-state index contributed by atoms with van der Waals surface area (Å²) >= 11 is 9.68. The SMILES string of the molecule is Nc1cc(F)cc(F)c1NS(=O)(=O)c1cc(Cl)c(Br)s1. The highest BCUT2D eigenvalue weighted by Gasteiger charge is 2.22. The molecule has 3 N–H and O–H groups in total. The summed E-state index contributed by atoms with van der Waals surface area (Å²) in [7, 11) is -4.06. The molecule has 0 unspecified atom stereocenters. The number of hydrogen-bond donors (Lipinski definition) is 2. The molecule has 2 rings (SSSR count). The van der Waals surface area contributed by atoms with Gasteiger partial charge >= 0.3 is 0 Å². The zero-order chi connectivity index (χ0) is 15.1. The number of nitrogens with one attached hydrogen (secondary N) is 1. The second-order valence-electron chi connectivity index (χ2n) is 3.64. The minimum absolute atomic E-state index is 0.127. The van der Waals surface area contributed by atoms with Crippen LogP contribution in [0.2, 0.25) is 5.02 Å². The second-order valence-corrected chi connectivity index (χ2v) is 8.33. The van der Waals surface area contributed by atoms with E-state index in [1.807, 2.05) is 4.72 Å². The first kappa shape index (κ1) is 15.5. The molecular formula is C10H6BrClF2N2O2S2. The van der Waals surface area contributed by atoms with E-state index in [0.29, 0.717) is 9.85 Å². The molecule has 0 saturated heterocycles. The van der Waals surface area contributed by atoms with Crippen molar-refractivity contribution in [3.63, 3.8) is 0 Å². The predicted octanol–water partition coefficient (Wildman–Crippen LogP) is 3.83. The molecule has 1 heterocycles. The highest BCUT2D eigenvalue weighted by atomic mass is 79.9. The lowest BCUT2D eigenvalue weighted by molar-refractivity contribution is 0.584. The van der Waals surface area contributed by atoms with Gasteiger partial charge in [0.25, 0.3) is 10.0 Å². The van der Waals surface area contributed by atoms with Crippen LogP contribution in [0.1, 0.15) is 0 Å². The van der Waals surface area contributed by atoms with Gasteiger partial charge in [-0.1, -0.05) is 11.6 Å². The van der Waals surface area contributed by atoms with Crippen LogP contribution >= 0.6 is 38.9 Å². The van der Waals surface area contributed by atoms with Crippen molar-refractivity contribution in [1.82, 2.24) is 0 Å². The lowest BCUT2D eigenvalue weighted by Crippen LogP contribution is -2.14. The van der Waals surface area contributed by atoms with Crippen molar-refractivity contribution in [3.8, 4) is 0 Å². The standard InChI is InChI=1S/C10H6BrClF2N2O2S2/c11-10-5(12)3-8(19-10)20(17,18)16-9-6(14)1-4(13)2-7(9)15/h1-3,16H,15H2. The van der Waals surface area contributed by atoms with E-state index < -0.39 is 27.3 Å². The molecule has 0 fully saturated rings. The van der Waals surface area contributed by atoms with Gasteiger partial charge in [0.05, 0.1) is 14.5 Å². The van der Waals surface area contributed by atoms with Crippen molar-refractivity contribution < 1.29 is 17.2 Å². The van der Waals surface area contributed by atoms with Crippen LogP contribution in [-0.2, 0) is 10.0 Å². The topological polar surface area (TPSA) is 72.2 Å². The average Bonchev–Trinajstić information content (AvgIpc) is 2.65. The van der Waals surface area contributed by atoms with Crippen LogP contribution < -0.4 is 10.5 Å². The Kier molecular flexibility index (Phi) is 4.24. The van der Waals surface area contributed by atoms with Gasteiger partial charge in [-0.3, -0.25) is 4.72 Å². The van der Waals surface area contributed by atoms with Crippen LogP contribution in [0.15, 0.2) is 26.2 Å². The minimum atomic E-state index is -4.06. The molecule has 0 radical (unpaired) electrons. The van der Waals surface area contributed by atoms with Crippen LogP contribution in [0.5, 0.6) is 0 Å². The van der Waals surface area contributed by atoms with E-state index in [0.717, 1.165) is 17.4 Å². The number of sulfonamides is 1. The van der Waals surface area contributed by atoms with Crippen molar-refractivity contribution in [1.29, 1.82) is 0 Å². The van der Waals surface area contributed by atoms with E-state index in [-0.39, 0.29) is 14.9 Å². The van der Waals surface area contributed by atoms with Crippen molar-refractivity contribution in [2.24, 2.45) is 0 Å². The van der Waals surface area contributed by atoms with Gasteiger partial charge in [-0.05, 0) is 28.1 Å². The van der Waals surface area contributed by atoms with Gasteiger partial charge in [0.2, 0.25) is 0 Å². The summed E-state index contributed by atoms with van der Waals surface area (Å²) in [6, 6.07) is 2.56. The molecule has 2 aromatic rings. The first-order valence-electron chi connectivity index (χ1n) is 4.93.